The first-order chi connectivity index (χ1) is 5.86. The molecule has 1 aromatic carbocycles. The fraction of sp³-hybridized carbons (Fsp3) is 0.143. The number of hydrogen-bond donors (Lipinski definition) is 1. The maximum Gasteiger partial charge on any atom is 0.256 e. The van der Waals surface area contributed by atoms with Crippen LogP contribution in [-0.2, 0) is 13.7 Å². The van der Waals surface area contributed by atoms with E-state index < -0.39 is 13.7 Å². The van der Waals surface area contributed by atoms with Crippen LogP contribution in [0.3, 0.4) is 0 Å². The van der Waals surface area contributed by atoms with E-state index in [1.807, 2.05) is 0 Å². The highest BCUT2D eigenvalue weighted by Crippen LogP contribution is 2.37. The zero-order chi connectivity index (χ0) is 10.1. The SMILES string of the molecule is NS(=O)(=O)C(Cl)(Cl)c1ccccc1. The van der Waals surface area contributed by atoms with Crippen molar-refractivity contribution in [3.63, 3.8) is 0 Å². The van der Waals surface area contributed by atoms with E-state index in [4.69, 9.17) is 28.3 Å². The van der Waals surface area contributed by atoms with E-state index in [9.17, 15) is 8.42 Å². The molecule has 0 spiro atoms. The third-order valence-electron chi connectivity index (χ3n) is 1.47. The van der Waals surface area contributed by atoms with Crippen molar-refractivity contribution in [3.05, 3.63) is 35.9 Å². The van der Waals surface area contributed by atoms with E-state index in [2.05, 4.69) is 0 Å². The van der Waals surface area contributed by atoms with E-state index in [-0.39, 0.29) is 5.56 Å². The molecule has 0 aliphatic rings. The molecule has 6 heteroatoms. The lowest BCUT2D eigenvalue weighted by atomic mass is 10.2. The summed E-state index contributed by atoms with van der Waals surface area (Å²) in [6.45, 7) is 0. The Labute approximate surface area is 86.5 Å². The summed E-state index contributed by atoms with van der Waals surface area (Å²) in [6.07, 6.45) is 0. The molecule has 72 valence electrons. The summed E-state index contributed by atoms with van der Waals surface area (Å²) >= 11 is 11.2. The largest absolute Gasteiger partial charge is 0.256 e. The van der Waals surface area contributed by atoms with Crippen molar-refractivity contribution in [1.82, 2.24) is 0 Å². The number of benzene rings is 1. The highest BCUT2D eigenvalue weighted by molar-refractivity contribution is 7.92. The van der Waals surface area contributed by atoms with E-state index in [0.29, 0.717) is 0 Å². The molecule has 0 radical (unpaired) electrons. The second-order valence-electron chi connectivity index (χ2n) is 2.43. The lowest BCUT2D eigenvalue weighted by Gasteiger charge is -2.16. The highest BCUT2D eigenvalue weighted by atomic mass is 35.5. The van der Waals surface area contributed by atoms with Crippen molar-refractivity contribution in [2.24, 2.45) is 5.14 Å². The highest BCUT2D eigenvalue weighted by Gasteiger charge is 2.38. The summed E-state index contributed by atoms with van der Waals surface area (Å²) in [5.41, 5.74) is 0.237. The van der Waals surface area contributed by atoms with E-state index in [1.165, 1.54) is 12.1 Å². The van der Waals surface area contributed by atoms with Gasteiger partial charge in [0.25, 0.3) is 3.67 Å². The minimum atomic E-state index is -4.02. The zero-order valence-corrected chi connectivity index (χ0v) is 8.77. The van der Waals surface area contributed by atoms with Crippen molar-refractivity contribution < 1.29 is 8.42 Å². The standard InChI is InChI=1S/C7H7Cl2NO2S/c8-7(9,13(10,11)12)6-4-2-1-3-5-6/h1-5H,(H2,10,11,12). The lowest BCUT2D eigenvalue weighted by Crippen LogP contribution is -2.30. The Hall–Kier alpha value is -0.290. The smallest absolute Gasteiger partial charge is 0.226 e. The molecule has 0 amide bonds. The molecule has 1 rings (SSSR count). The van der Waals surface area contributed by atoms with Crippen LogP contribution in [0.1, 0.15) is 5.56 Å². The number of rotatable bonds is 2. The minimum absolute atomic E-state index is 0.237. The van der Waals surface area contributed by atoms with Crippen molar-refractivity contribution in [2.45, 2.75) is 3.67 Å². The molecule has 13 heavy (non-hydrogen) atoms. The lowest BCUT2D eigenvalue weighted by molar-refractivity contribution is 0.591. The van der Waals surface area contributed by atoms with Gasteiger partial charge in [-0.3, -0.25) is 0 Å². The van der Waals surface area contributed by atoms with Crippen LogP contribution in [0.4, 0.5) is 0 Å². The molecule has 0 bridgehead atoms. The van der Waals surface area contributed by atoms with Crippen LogP contribution in [0, 0.1) is 0 Å². The normalized spacial score (nSPS) is 12.8. The summed E-state index contributed by atoms with van der Waals surface area (Å²) in [6, 6.07) is 7.95. The number of alkyl halides is 2. The van der Waals surface area contributed by atoms with Gasteiger partial charge < -0.3 is 0 Å². The molecule has 3 nitrogen and oxygen atoms in total. The molecule has 0 aliphatic heterocycles. The van der Waals surface area contributed by atoms with Gasteiger partial charge in [-0.1, -0.05) is 53.5 Å². The van der Waals surface area contributed by atoms with Crippen molar-refractivity contribution in [3.8, 4) is 0 Å². The maximum absolute atomic E-state index is 11.0. The fourth-order valence-corrected chi connectivity index (χ4v) is 1.51. The van der Waals surface area contributed by atoms with Gasteiger partial charge >= 0.3 is 0 Å². The van der Waals surface area contributed by atoms with Crippen molar-refractivity contribution in [2.75, 3.05) is 0 Å². The number of hydrogen-bond acceptors (Lipinski definition) is 2. The quantitative estimate of drug-likeness (QED) is 0.797. The maximum atomic E-state index is 11.0. The van der Waals surface area contributed by atoms with Crippen LogP contribution >= 0.6 is 23.2 Å². The van der Waals surface area contributed by atoms with Gasteiger partial charge in [0.05, 0.1) is 0 Å². The first-order valence-corrected chi connectivity index (χ1v) is 5.61. The molecule has 0 heterocycles. The van der Waals surface area contributed by atoms with Gasteiger partial charge in [-0.05, 0) is 0 Å². The fourth-order valence-electron chi connectivity index (χ4n) is 0.796. The summed E-state index contributed by atoms with van der Waals surface area (Å²) in [5, 5.41) is 4.85. The third-order valence-corrected chi connectivity index (χ3v) is 4.14. The van der Waals surface area contributed by atoms with E-state index >= 15 is 0 Å². The Kier molecular flexibility index (Phi) is 2.87. The first-order valence-electron chi connectivity index (χ1n) is 3.31. The summed E-state index contributed by atoms with van der Waals surface area (Å²) in [7, 11) is -4.02. The minimum Gasteiger partial charge on any atom is -0.226 e. The number of primary sulfonamides is 1. The average molecular weight is 240 g/mol. The van der Waals surface area contributed by atoms with Gasteiger partial charge in [-0.2, -0.15) is 0 Å². The molecule has 0 saturated heterocycles. The monoisotopic (exact) mass is 239 g/mol. The zero-order valence-electron chi connectivity index (χ0n) is 6.44. The van der Waals surface area contributed by atoms with Crippen LogP contribution in [0.5, 0.6) is 0 Å². The molecule has 0 aliphatic carbocycles. The molecular formula is C7H7Cl2NO2S. The van der Waals surface area contributed by atoms with E-state index in [1.54, 1.807) is 18.2 Å². The topological polar surface area (TPSA) is 60.2 Å². The first kappa shape index (κ1) is 10.8. The number of halogens is 2. The Morgan fingerprint density at radius 1 is 1.15 bits per heavy atom. The van der Waals surface area contributed by atoms with Crippen LogP contribution < -0.4 is 5.14 Å². The molecule has 2 N–H and O–H groups in total. The van der Waals surface area contributed by atoms with Crippen molar-refractivity contribution in [1.29, 1.82) is 0 Å². The summed E-state index contributed by atoms with van der Waals surface area (Å²) < 4.78 is 19.9. The molecule has 0 saturated carbocycles. The van der Waals surface area contributed by atoms with Crippen LogP contribution in [0.2, 0.25) is 0 Å². The Bertz CT molecular complexity index is 388. The molecule has 0 aromatic heterocycles. The summed E-state index contributed by atoms with van der Waals surface area (Å²) in [4.78, 5) is 0. The third kappa shape index (κ3) is 2.14. The van der Waals surface area contributed by atoms with Crippen molar-refractivity contribution >= 4 is 33.2 Å². The van der Waals surface area contributed by atoms with Gasteiger partial charge in [-0.25, -0.2) is 13.6 Å². The van der Waals surface area contributed by atoms with Crippen LogP contribution in [-0.4, -0.2) is 8.42 Å². The van der Waals surface area contributed by atoms with E-state index in [0.717, 1.165) is 0 Å². The predicted molar refractivity (Wildman–Crippen MR) is 52.9 cm³/mol. The molecule has 0 fully saturated rings. The van der Waals surface area contributed by atoms with Gasteiger partial charge in [0, 0.05) is 5.56 Å². The van der Waals surface area contributed by atoms with Gasteiger partial charge in [0.2, 0.25) is 10.0 Å². The molecular weight excluding hydrogens is 233 g/mol. The molecule has 0 atom stereocenters. The predicted octanol–water partition coefficient (Wildman–Crippen LogP) is 1.56. The van der Waals surface area contributed by atoms with Gasteiger partial charge in [0.1, 0.15) is 0 Å². The number of nitrogens with two attached hydrogens (primary N) is 1. The molecule has 0 unspecified atom stereocenters. The van der Waals surface area contributed by atoms with Gasteiger partial charge in [0.15, 0.2) is 0 Å². The van der Waals surface area contributed by atoms with Gasteiger partial charge in [-0.15, -0.1) is 0 Å². The molecule has 1 aromatic rings. The second-order valence-corrected chi connectivity index (χ2v) is 5.91. The van der Waals surface area contributed by atoms with Crippen LogP contribution in [0.15, 0.2) is 30.3 Å². The Morgan fingerprint density at radius 3 is 2.00 bits per heavy atom. The van der Waals surface area contributed by atoms with Crippen LogP contribution in [0.25, 0.3) is 0 Å². The Balaban J connectivity index is 3.24. The number of sulfonamides is 1. The Morgan fingerprint density at radius 2 is 1.62 bits per heavy atom. The second kappa shape index (κ2) is 3.46. The summed E-state index contributed by atoms with van der Waals surface area (Å²) in [5.74, 6) is 0. The average Bonchev–Trinajstić information content (AvgIpc) is 2.04.